The Labute approximate surface area is 509 Å². The highest BCUT2D eigenvalue weighted by molar-refractivity contribution is 6.12. The maximum Gasteiger partial charge on any atom is 0.0541 e. The molecular formula is C85H64N2. The predicted octanol–water partition coefficient (Wildman–Crippen LogP) is 22.6. The second-order valence-corrected chi connectivity index (χ2v) is 25.7. The van der Waals surface area contributed by atoms with Gasteiger partial charge in [0, 0.05) is 44.3 Å². The Hall–Kier alpha value is -10.3. The third-order valence-corrected chi connectivity index (χ3v) is 20.2. The van der Waals surface area contributed by atoms with Gasteiger partial charge in [0.1, 0.15) is 0 Å². The maximum absolute atomic E-state index is 2.56. The summed E-state index contributed by atoms with van der Waals surface area (Å²) in [4.78, 5) is 0. The van der Waals surface area contributed by atoms with Crippen LogP contribution in [0.5, 0.6) is 0 Å². The van der Waals surface area contributed by atoms with Crippen molar-refractivity contribution in [1.82, 2.24) is 9.13 Å². The number of hydrogen-bond donors (Lipinski definition) is 0. The molecule has 0 amide bonds. The molecule has 0 saturated carbocycles. The maximum atomic E-state index is 2.56. The molecule has 2 unspecified atom stereocenters. The zero-order chi connectivity index (χ0) is 58.3. The lowest BCUT2D eigenvalue weighted by Crippen LogP contribution is -2.19. The summed E-state index contributed by atoms with van der Waals surface area (Å²) in [6.45, 7) is 12.1. The summed E-state index contributed by atoms with van der Waals surface area (Å²) < 4.78 is 4.93. The molecule has 2 aromatic heterocycles. The minimum atomic E-state index is -0.181. The van der Waals surface area contributed by atoms with Gasteiger partial charge in [-0.3, -0.25) is 0 Å². The Kier molecular flexibility index (Phi) is 11.4. The summed E-state index contributed by atoms with van der Waals surface area (Å²) in [5.74, 6) is 0.603. The molecule has 17 rings (SSSR count). The number of fused-ring (bicyclic) bond motifs is 12. The first kappa shape index (κ1) is 51.2. The van der Waals surface area contributed by atoms with Gasteiger partial charge in [-0.05, 0) is 202 Å². The molecule has 0 fully saturated rings. The fourth-order valence-corrected chi connectivity index (χ4v) is 15.5. The van der Waals surface area contributed by atoms with Crippen LogP contribution in [-0.2, 0) is 10.8 Å². The van der Waals surface area contributed by atoms with E-state index in [0.717, 1.165) is 5.69 Å². The van der Waals surface area contributed by atoms with E-state index in [-0.39, 0.29) is 10.8 Å². The molecule has 12 aromatic carbocycles. The van der Waals surface area contributed by atoms with E-state index in [1.807, 2.05) is 0 Å². The molecule has 0 radical (unpaired) electrons. The molecule has 87 heavy (non-hydrogen) atoms. The molecular weight excluding hydrogens is 1050 g/mol. The molecule has 2 atom stereocenters. The topological polar surface area (TPSA) is 9.86 Å². The normalized spacial score (nSPS) is 15.8. The van der Waals surface area contributed by atoms with Crippen molar-refractivity contribution in [3.05, 3.63) is 318 Å². The van der Waals surface area contributed by atoms with E-state index in [1.165, 1.54) is 155 Å². The number of nitrogens with zero attached hydrogens (tertiary/aromatic N) is 2. The van der Waals surface area contributed by atoms with Gasteiger partial charge in [-0.25, -0.2) is 0 Å². The molecule has 3 aliphatic carbocycles. The van der Waals surface area contributed by atoms with E-state index < -0.39 is 0 Å². The van der Waals surface area contributed by atoms with Crippen molar-refractivity contribution in [3.63, 3.8) is 0 Å². The lowest BCUT2D eigenvalue weighted by molar-refractivity contribution is 0.639. The summed E-state index contributed by atoms with van der Waals surface area (Å²) in [7, 11) is 0. The van der Waals surface area contributed by atoms with Crippen LogP contribution in [0.2, 0.25) is 0 Å². The van der Waals surface area contributed by atoms with E-state index in [9.17, 15) is 0 Å². The van der Waals surface area contributed by atoms with Crippen molar-refractivity contribution in [2.75, 3.05) is 0 Å². The Bertz CT molecular complexity index is 5020. The van der Waals surface area contributed by atoms with Gasteiger partial charge in [0.05, 0.1) is 22.2 Å². The lowest BCUT2D eigenvalue weighted by atomic mass is 9.77. The average molecular weight is 1110 g/mol. The van der Waals surface area contributed by atoms with E-state index in [4.69, 9.17) is 0 Å². The number of aromatic nitrogens is 2. The van der Waals surface area contributed by atoms with Crippen LogP contribution in [0.3, 0.4) is 0 Å². The average Bonchev–Trinajstić information content (AvgIpc) is 1.62. The first-order valence-electron chi connectivity index (χ1n) is 30.9. The van der Waals surface area contributed by atoms with Crippen molar-refractivity contribution in [1.29, 1.82) is 0 Å². The molecule has 0 N–H and O–H groups in total. The van der Waals surface area contributed by atoms with Crippen molar-refractivity contribution >= 4 is 38.8 Å². The molecule has 2 nitrogen and oxygen atoms in total. The van der Waals surface area contributed by atoms with Crippen LogP contribution in [0.4, 0.5) is 0 Å². The predicted molar refractivity (Wildman–Crippen MR) is 367 cm³/mol. The van der Waals surface area contributed by atoms with Crippen LogP contribution in [0, 0.1) is 0 Å². The molecule has 0 saturated heterocycles. The third kappa shape index (κ3) is 7.94. The standard InChI is InChI=1S/C85H64N2/c1-53-67(59-24-16-9-17-25-59)41-45-82-83(53)74-48-62(56-22-14-8-15-23-56)34-44-81(74)87(82)66-37-28-58(29-38-66)64-31-40-69-71-51-70-68-39-30-63(49-75(68)84(2,3)77(70)52-78(71)85(4,5)76(69)50-64)57-26-35-65(36-27-57)86-79-42-32-60(54-18-10-6-11-19-54)46-72(79)73-47-61(33-43-80(73)86)55-20-12-7-13-21-55/h6-53,67H,1-5H3. The summed E-state index contributed by atoms with van der Waals surface area (Å²) in [5.41, 5.74) is 33.0. The largest absolute Gasteiger partial charge is 0.310 e. The molecule has 2 heterocycles. The third-order valence-electron chi connectivity index (χ3n) is 20.2. The van der Waals surface area contributed by atoms with Crippen molar-refractivity contribution in [2.45, 2.75) is 57.3 Å². The molecule has 0 aliphatic heterocycles. The summed E-state index contributed by atoms with van der Waals surface area (Å²) >= 11 is 0. The quantitative estimate of drug-likeness (QED) is 0.144. The first-order chi connectivity index (χ1) is 42.5. The van der Waals surface area contributed by atoms with Gasteiger partial charge >= 0.3 is 0 Å². The Morgan fingerprint density at radius 1 is 0.299 bits per heavy atom. The van der Waals surface area contributed by atoms with Gasteiger partial charge in [0.15, 0.2) is 0 Å². The van der Waals surface area contributed by atoms with E-state index in [1.54, 1.807) is 0 Å². The van der Waals surface area contributed by atoms with Crippen molar-refractivity contribution < 1.29 is 0 Å². The zero-order valence-electron chi connectivity index (χ0n) is 49.7. The SMILES string of the molecule is CC1c2c(n(-c3ccc(-c4ccc5c(c4)C(C)(C)c4cc6c(cc4-5)-c4ccc(-c5ccc(-n7c8ccc(-c9ccccc9)cc8c8cc(-c9ccccc9)ccc87)cc5)cc4C6(C)C)cc3)c3ccc(-c4ccccc4)cc23)C=CC1c1ccccc1. The molecule has 414 valence electrons. The van der Waals surface area contributed by atoms with Crippen molar-refractivity contribution in [3.8, 4) is 89.3 Å². The van der Waals surface area contributed by atoms with Gasteiger partial charge in [-0.1, -0.05) is 235 Å². The molecule has 3 aliphatic rings. The van der Waals surface area contributed by atoms with Gasteiger partial charge in [0.25, 0.3) is 0 Å². The van der Waals surface area contributed by atoms with Crippen LogP contribution in [-0.4, -0.2) is 9.13 Å². The monoisotopic (exact) mass is 1110 g/mol. The zero-order valence-corrected chi connectivity index (χ0v) is 49.7. The van der Waals surface area contributed by atoms with Gasteiger partial charge in [-0.15, -0.1) is 0 Å². The van der Waals surface area contributed by atoms with Gasteiger partial charge in [-0.2, -0.15) is 0 Å². The minimum Gasteiger partial charge on any atom is -0.310 e. The number of allylic oxidation sites excluding steroid dienone is 1. The van der Waals surface area contributed by atoms with Crippen LogP contribution in [0.25, 0.3) is 128 Å². The van der Waals surface area contributed by atoms with Crippen molar-refractivity contribution in [2.24, 2.45) is 0 Å². The molecule has 2 heteroatoms. The summed E-state index contributed by atoms with van der Waals surface area (Å²) in [6.07, 6.45) is 4.81. The van der Waals surface area contributed by atoms with Gasteiger partial charge in [0.2, 0.25) is 0 Å². The van der Waals surface area contributed by atoms with Crippen LogP contribution < -0.4 is 0 Å². The number of benzene rings is 12. The Balaban J connectivity index is 0.681. The highest BCUT2D eigenvalue weighted by Gasteiger charge is 2.42. The highest BCUT2D eigenvalue weighted by atomic mass is 15.0. The van der Waals surface area contributed by atoms with E-state index >= 15 is 0 Å². The minimum absolute atomic E-state index is 0.180. The van der Waals surface area contributed by atoms with Gasteiger partial charge < -0.3 is 9.13 Å². The van der Waals surface area contributed by atoms with Crippen LogP contribution in [0.1, 0.15) is 85.5 Å². The van der Waals surface area contributed by atoms with Crippen LogP contribution in [0.15, 0.2) is 279 Å². The second kappa shape index (κ2) is 19.4. The Morgan fingerprint density at radius 3 is 1.11 bits per heavy atom. The molecule has 14 aromatic rings. The lowest BCUT2D eigenvalue weighted by Gasteiger charge is -2.26. The molecule has 0 spiro atoms. The number of hydrogen-bond acceptors (Lipinski definition) is 0. The fourth-order valence-electron chi connectivity index (χ4n) is 15.5. The summed E-state index contributed by atoms with van der Waals surface area (Å²) in [5, 5.41) is 3.83. The summed E-state index contributed by atoms with van der Waals surface area (Å²) in [6, 6.07) is 102. The smallest absolute Gasteiger partial charge is 0.0541 e. The van der Waals surface area contributed by atoms with E-state index in [2.05, 4.69) is 329 Å². The van der Waals surface area contributed by atoms with Crippen LogP contribution >= 0.6 is 0 Å². The fraction of sp³-hybridized carbons (Fsp3) is 0.106. The second-order valence-electron chi connectivity index (χ2n) is 25.7. The Morgan fingerprint density at radius 2 is 0.655 bits per heavy atom. The number of rotatable bonds is 8. The highest BCUT2D eigenvalue weighted by Crippen LogP contribution is 2.57. The van der Waals surface area contributed by atoms with E-state index in [0.29, 0.717) is 11.8 Å². The first-order valence-corrected chi connectivity index (χ1v) is 30.9. The molecule has 0 bridgehead atoms.